The number of hydrogen-bond donors (Lipinski definition) is 1. The van der Waals surface area contributed by atoms with E-state index < -0.39 is 11.6 Å². The highest BCUT2D eigenvalue weighted by atomic mass is 19.1. The number of hydrogen-bond acceptors (Lipinski definition) is 9. The lowest BCUT2D eigenvalue weighted by atomic mass is 9.94. The summed E-state index contributed by atoms with van der Waals surface area (Å²) in [4.78, 5) is 17.3. The van der Waals surface area contributed by atoms with Crippen molar-refractivity contribution in [3.8, 4) is 5.75 Å². The molecule has 2 aliphatic heterocycles. The van der Waals surface area contributed by atoms with E-state index in [1.807, 2.05) is 18.7 Å². The first-order chi connectivity index (χ1) is 16.9. The van der Waals surface area contributed by atoms with Crippen molar-refractivity contribution in [1.29, 1.82) is 0 Å². The van der Waals surface area contributed by atoms with E-state index in [-0.39, 0.29) is 29.5 Å². The molecule has 5 rings (SSSR count). The first-order valence-electron chi connectivity index (χ1n) is 11.9. The summed E-state index contributed by atoms with van der Waals surface area (Å²) in [7, 11) is 0. The van der Waals surface area contributed by atoms with Gasteiger partial charge in [0.2, 0.25) is 5.95 Å². The summed E-state index contributed by atoms with van der Waals surface area (Å²) in [5.74, 6) is 0.730. The molecule has 3 aromatic rings. The molecule has 4 heterocycles. The molecular formula is C24H29F2N7O2. The largest absolute Gasteiger partial charge is 0.487 e. The molecule has 0 saturated carbocycles. The van der Waals surface area contributed by atoms with Crippen LogP contribution in [0.25, 0.3) is 0 Å². The number of anilines is 2. The summed E-state index contributed by atoms with van der Waals surface area (Å²) in [6, 6.07) is 3.66. The highest BCUT2D eigenvalue weighted by Crippen LogP contribution is 2.31. The second-order valence-corrected chi connectivity index (χ2v) is 9.45. The maximum atomic E-state index is 14.3. The molecule has 35 heavy (non-hydrogen) atoms. The molecule has 2 aliphatic rings. The lowest BCUT2D eigenvalue weighted by molar-refractivity contribution is 0.167. The van der Waals surface area contributed by atoms with Gasteiger partial charge in [0.25, 0.3) is 0 Å². The monoisotopic (exact) mass is 485 g/mol. The molecule has 0 bridgehead atoms. The van der Waals surface area contributed by atoms with Crippen molar-refractivity contribution in [2.75, 3.05) is 36.0 Å². The Morgan fingerprint density at radius 1 is 1.09 bits per heavy atom. The van der Waals surface area contributed by atoms with Gasteiger partial charge in [-0.2, -0.15) is 4.98 Å². The van der Waals surface area contributed by atoms with Crippen molar-refractivity contribution in [2.24, 2.45) is 5.73 Å². The van der Waals surface area contributed by atoms with Crippen LogP contribution < -0.4 is 20.3 Å². The van der Waals surface area contributed by atoms with Crippen LogP contribution in [0.3, 0.4) is 0 Å². The molecule has 2 saturated heterocycles. The summed E-state index contributed by atoms with van der Waals surface area (Å²) in [5.41, 5.74) is 6.53. The predicted octanol–water partition coefficient (Wildman–Crippen LogP) is 3.24. The second-order valence-electron chi connectivity index (χ2n) is 9.45. The highest BCUT2D eigenvalue weighted by Gasteiger charge is 2.34. The lowest BCUT2D eigenvalue weighted by Crippen LogP contribution is -2.38. The molecule has 11 heteroatoms. The number of piperidine rings is 1. The van der Waals surface area contributed by atoms with Gasteiger partial charge in [0.1, 0.15) is 17.7 Å². The van der Waals surface area contributed by atoms with E-state index in [1.165, 1.54) is 6.07 Å². The van der Waals surface area contributed by atoms with Gasteiger partial charge in [-0.1, -0.05) is 19.0 Å². The van der Waals surface area contributed by atoms with Crippen LogP contribution in [0.15, 0.2) is 35.1 Å². The molecular weight excluding hydrogens is 456 g/mol. The number of rotatable bonds is 6. The fraction of sp³-hybridized carbons (Fsp3) is 0.500. The Hall–Kier alpha value is -3.34. The number of aromatic nitrogens is 4. The number of benzene rings is 1. The minimum atomic E-state index is -0.479. The Bertz CT molecular complexity index is 1150. The minimum Gasteiger partial charge on any atom is -0.487 e. The van der Waals surface area contributed by atoms with Gasteiger partial charge in [-0.05, 0) is 23.8 Å². The SMILES string of the molecule is CC(C)c1noc(N2CCC(Oc3cnc(N4CC(N)C(c5cc(F)ccc5F)C4)nc3)CC2)n1. The van der Waals surface area contributed by atoms with E-state index in [1.54, 1.807) is 12.4 Å². The normalized spacial score (nSPS) is 21.2. The summed E-state index contributed by atoms with van der Waals surface area (Å²) in [6.45, 7) is 6.44. The van der Waals surface area contributed by atoms with E-state index in [2.05, 4.69) is 25.0 Å². The Morgan fingerprint density at radius 2 is 1.83 bits per heavy atom. The van der Waals surface area contributed by atoms with E-state index in [0.29, 0.717) is 36.6 Å². The van der Waals surface area contributed by atoms with Gasteiger partial charge >= 0.3 is 6.01 Å². The van der Waals surface area contributed by atoms with Crippen LogP contribution in [0, 0.1) is 11.6 Å². The smallest absolute Gasteiger partial charge is 0.324 e. The molecule has 0 amide bonds. The van der Waals surface area contributed by atoms with Crippen LogP contribution in [-0.2, 0) is 0 Å². The fourth-order valence-electron chi connectivity index (χ4n) is 4.60. The Kier molecular flexibility index (Phi) is 6.50. The van der Waals surface area contributed by atoms with Crippen molar-refractivity contribution in [3.05, 3.63) is 53.6 Å². The molecule has 2 fully saturated rings. The maximum absolute atomic E-state index is 14.3. The first kappa shape index (κ1) is 23.4. The van der Waals surface area contributed by atoms with Crippen LogP contribution in [0.5, 0.6) is 5.75 Å². The summed E-state index contributed by atoms with van der Waals surface area (Å²) in [6.07, 6.45) is 4.94. The molecule has 1 aromatic carbocycles. The van der Waals surface area contributed by atoms with Gasteiger partial charge in [-0.25, -0.2) is 18.7 Å². The van der Waals surface area contributed by atoms with E-state index in [0.717, 1.165) is 38.1 Å². The highest BCUT2D eigenvalue weighted by molar-refractivity contribution is 5.39. The Balaban J connectivity index is 1.16. The van der Waals surface area contributed by atoms with E-state index >= 15 is 0 Å². The lowest BCUT2D eigenvalue weighted by Gasteiger charge is -2.30. The summed E-state index contributed by atoms with van der Waals surface area (Å²) >= 11 is 0. The molecule has 186 valence electrons. The molecule has 0 aliphatic carbocycles. The van der Waals surface area contributed by atoms with E-state index in [4.69, 9.17) is 15.0 Å². The van der Waals surface area contributed by atoms with Crippen molar-refractivity contribution in [2.45, 2.75) is 50.7 Å². The summed E-state index contributed by atoms with van der Waals surface area (Å²) in [5, 5.41) is 4.03. The molecule has 2 N–H and O–H groups in total. The van der Waals surface area contributed by atoms with Crippen LogP contribution in [-0.4, -0.2) is 58.4 Å². The topological polar surface area (TPSA) is 106 Å². The average Bonchev–Trinajstić information content (AvgIpc) is 3.49. The van der Waals surface area contributed by atoms with Crippen LogP contribution >= 0.6 is 0 Å². The van der Waals surface area contributed by atoms with Gasteiger partial charge in [-0.15, -0.1) is 0 Å². The van der Waals surface area contributed by atoms with Gasteiger partial charge in [-0.3, -0.25) is 0 Å². The number of nitrogens with zero attached hydrogens (tertiary/aromatic N) is 6. The van der Waals surface area contributed by atoms with Gasteiger partial charge < -0.3 is 24.8 Å². The number of halogens is 2. The van der Waals surface area contributed by atoms with Crippen molar-refractivity contribution in [3.63, 3.8) is 0 Å². The van der Waals surface area contributed by atoms with Crippen molar-refractivity contribution < 1.29 is 18.0 Å². The molecule has 0 radical (unpaired) electrons. The molecule has 0 spiro atoms. The maximum Gasteiger partial charge on any atom is 0.324 e. The average molecular weight is 486 g/mol. The van der Waals surface area contributed by atoms with Crippen LogP contribution in [0.4, 0.5) is 20.7 Å². The Labute approximate surface area is 202 Å². The van der Waals surface area contributed by atoms with E-state index in [9.17, 15) is 8.78 Å². The second kappa shape index (κ2) is 9.73. The molecule has 2 aromatic heterocycles. The van der Waals surface area contributed by atoms with Gasteiger partial charge in [0.15, 0.2) is 11.6 Å². The van der Waals surface area contributed by atoms with Crippen molar-refractivity contribution >= 4 is 12.0 Å². The molecule has 2 atom stereocenters. The molecule has 2 unspecified atom stereocenters. The minimum absolute atomic E-state index is 0.0359. The van der Waals surface area contributed by atoms with Gasteiger partial charge in [0.05, 0.1) is 12.4 Å². The first-order valence-corrected chi connectivity index (χ1v) is 11.9. The number of ether oxygens (including phenoxy) is 1. The third kappa shape index (κ3) is 5.04. The van der Waals surface area contributed by atoms with Crippen LogP contribution in [0.2, 0.25) is 0 Å². The number of nitrogens with two attached hydrogens (primary N) is 1. The zero-order valence-corrected chi connectivity index (χ0v) is 19.8. The van der Waals surface area contributed by atoms with Crippen molar-refractivity contribution in [1.82, 2.24) is 20.1 Å². The fourth-order valence-corrected chi connectivity index (χ4v) is 4.60. The third-order valence-electron chi connectivity index (χ3n) is 6.58. The zero-order valence-electron chi connectivity index (χ0n) is 19.8. The standard InChI is InChI=1S/C24H29F2N7O2/c1-14(2)22-30-24(35-31-22)32-7-5-16(6-8-32)34-17-10-28-23(29-11-17)33-12-19(21(27)13-33)18-9-15(25)3-4-20(18)26/h3-4,9-11,14,16,19,21H,5-8,12-13,27H2,1-2H3. The zero-order chi connectivity index (χ0) is 24.5. The Morgan fingerprint density at radius 3 is 2.51 bits per heavy atom. The van der Waals surface area contributed by atoms with Gasteiger partial charge in [0, 0.05) is 56.9 Å². The third-order valence-corrected chi connectivity index (χ3v) is 6.58. The molecule has 9 nitrogen and oxygen atoms in total. The van der Waals surface area contributed by atoms with Crippen LogP contribution in [0.1, 0.15) is 49.9 Å². The quantitative estimate of drug-likeness (QED) is 0.563. The predicted molar refractivity (Wildman–Crippen MR) is 126 cm³/mol. The summed E-state index contributed by atoms with van der Waals surface area (Å²) < 4.78 is 39.4.